The molecule has 0 atom stereocenters. The minimum Gasteiger partial charge on any atom is -0.504 e. The Morgan fingerprint density at radius 2 is 1.35 bits per heavy atom. The van der Waals surface area contributed by atoms with Gasteiger partial charge in [-0.25, -0.2) is 0 Å². The molecule has 1 rings (SSSR count). The second-order valence-electron chi connectivity index (χ2n) is 5.52. The maximum Gasteiger partial charge on any atom is 0.201 e. The van der Waals surface area contributed by atoms with Crippen LogP contribution in [0, 0.1) is 20.8 Å². The third kappa shape index (κ3) is 4.06. The van der Waals surface area contributed by atoms with Gasteiger partial charge in [0.2, 0.25) is 5.75 Å². The number of rotatable bonds is 8. The lowest BCUT2D eigenvalue weighted by Crippen LogP contribution is -2.01. The maximum absolute atomic E-state index is 9.98. The summed E-state index contributed by atoms with van der Waals surface area (Å²) in [6.45, 7) is 8.44. The molecule has 0 aliphatic rings. The maximum atomic E-state index is 9.98. The van der Waals surface area contributed by atoms with Gasteiger partial charge < -0.3 is 14.9 Å². The molecule has 3 nitrogen and oxygen atoms in total. The number of ether oxygens (including phenoxy) is 1. The number of unbranched alkanes of at least 4 members (excludes halogenated alkanes) is 5. The predicted octanol–water partition coefficient (Wildman–Crippen LogP) is 4.76. The molecule has 0 spiro atoms. The number of phenols is 2. The molecule has 3 heteroatoms. The molecule has 0 heterocycles. The molecule has 0 saturated heterocycles. The van der Waals surface area contributed by atoms with Crippen molar-refractivity contribution in [2.45, 2.75) is 66.2 Å². The third-order valence-electron chi connectivity index (χ3n) is 4.00. The standard InChI is InChI=1S/C17H28O3/c1-5-6-7-8-9-10-11-20-17-14(4)12(2)13(3)15(18)16(17)19/h18-19H,5-11H2,1-4H3. The quantitative estimate of drug-likeness (QED) is 0.533. The summed E-state index contributed by atoms with van der Waals surface area (Å²) in [7, 11) is 0. The van der Waals surface area contributed by atoms with Crippen LogP contribution in [0.15, 0.2) is 0 Å². The highest BCUT2D eigenvalue weighted by molar-refractivity contribution is 5.61. The second kappa shape index (κ2) is 8.03. The molecule has 0 saturated carbocycles. The number of benzene rings is 1. The fourth-order valence-corrected chi connectivity index (χ4v) is 2.33. The van der Waals surface area contributed by atoms with E-state index in [1.807, 2.05) is 13.8 Å². The number of hydrogen-bond donors (Lipinski definition) is 2. The van der Waals surface area contributed by atoms with Gasteiger partial charge in [0.15, 0.2) is 11.5 Å². The molecule has 0 radical (unpaired) electrons. The van der Waals surface area contributed by atoms with E-state index in [2.05, 4.69) is 6.92 Å². The average molecular weight is 280 g/mol. The summed E-state index contributed by atoms with van der Waals surface area (Å²) in [5.41, 5.74) is 2.59. The number of phenolic OH excluding ortho intramolecular Hbond substituents is 2. The summed E-state index contributed by atoms with van der Waals surface area (Å²) >= 11 is 0. The van der Waals surface area contributed by atoms with Crippen molar-refractivity contribution in [3.8, 4) is 17.2 Å². The van der Waals surface area contributed by atoms with E-state index in [4.69, 9.17) is 4.74 Å². The Hall–Kier alpha value is -1.38. The summed E-state index contributed by atoms with van der Waals surface area (Å²) in [6.07, 6.45) is 7.20. The lowest BCUT2D eigenvalue weighted by Gasteiger charge is -2.16. The molecule has 1 aromatic carbocycles. The van der Waals surface area contributed by atoms with Crippen LogP contribution >= 0.6 is 0 Å². The van der Waals surface area contributed by atoms with Crippen LogP contribution in [0.4, 0.5) is 0 Å². The van der Waals surface area contributed by atoms with Gasteiger partial charge in [0.25, 0.3) is 0 Å². The molecule has 1 aromatic rings. The van der Waals surface area contributed by atoms with E-state index in [-0.39, 0.29) is 11.5 Å². The van der Waals surface area contributed by atoms with Crippen molar-refractivity contribution >= 4 is 0 Å². The van der Waals surface area contributed by atoms with E-state index < -0.39 is 0 Å². The SMILES string of the molecule is CCCCCCCCOc1c(C)c(C)c(C)c(O)c1O. The van der Waals surface area contributed by atoms with Crippen LogP contribution < -0.4 is 4.74 Å². The zero-order chi connectivity index (χ0) is 15.1. The predicted molar refractivity (Wildman–Crippen MR) is 82.9 cm³/mol. The molecular weight excluding hydrogens is 252 g/mol. The Labute approximate surface area is 122 Å². The molecular formula is C17H28O3. The molecule has 0 aliphatic carbocycles. The van der Waals surface area contributed by atoms with E-state index in [1.54, 1.807) is 6.92 Å². The Balaban J connectivity index is 2.52. The van der Waals surface area contributed by atoms with E-state index in [9.17, 15) is 10.2 Å². The highest BCUT2D eigenvalue weighted by Crippen LogP contribution is 2.43. The van der Waals surface area contributed by atoms with Gasteiger partial charge in [-0.2, -0.15) is 0 Å². The smallest absolute Gasteiger partial charge is 0.201 e. The van der Waals surface area contributed by atoms with Crippen molar-refractivity contribution in [1.29, 1.82) is 0 Å². The third-order valence-corrected chi connectivity index (χ3v) is 4.00. The minimum atomic E-state index is -0.128. The van der Waals surface area contributed by atoms with Gasteiger partial charge in [0, 0.05) is 0 Å². The van der Waals surface area contributed by atoms with Crippen LogP contribution in [-0.4, -0.2) is 16.8 Å². The first kappa shape index (κ1) is 16.7. The fraction of sp³-hybridized carbons (Fsp3) is 0.647. The van der Waals surface area contributed by atoms with Crippen LogP contribution in [0.5, 0.6) is 17.2 Å². The van der Waals surface area contributed by atoms with Gasteiger partial charge in [0.1, 0.15) is 0 Å². The summed E-state index contributed by atoms with van der Waals surface area (Å²) in [4.78, 5) is 0. The van der Waals surface area contributed by atoms with Crippen molar-refractivity contribution in [2.75, 3.05) is 6.61 Å². The summed E-state index contributed by atoms with van der Waals surface area (Å²) < 4.78 is 5.68. The first-order valence-corrected chi connectivity index (χ1v) is 7.65. The van der Waals surface area contributed by atoms with E-state index in [0.717, 1.165) is 24.0 Å². The monoisotopic (exact) mass is 280 g/mol. The lowest BCUT2D eigenvalue weighted by atomic mass is 10.0. The van der Waals surface area contributed by atoms with Gasteiger partial charge >= 0.3 is 0 Å². The Morgan fingerprint density at radius 1 is 0.750 bits per heavy atom. The zero-order valence-electron chi connectivity index (χ0n) is 13.3. The largest absolute Gasteiger partial charge is 0.504 e. The first-order chi connectivity index (χ1) is 9.50. The van der Waals surface area contributed by atoms with E-state index in [0.29, 0.717) is 17.9 Å². The van der Waals surface area contributed by atoms with E-state index >= 15 is 0 Å². The number of hydrogen-bond acceptors (Lipinski definition) is 3. The van der Waals surface area contributed by atoms with Gasteiger partial charge in [-0.05, 0) is 43.9 Å². The molecule has 2 N–H and O–H groups in total. The molecule has 0 fully saturated rings. The summed E-state index contributed by atoms with van der Waals surface area (Å²) in [6, 6.07) is 0. The van der Waals surface area contributed by atoms with Gasteiger partial charge in [-0.15, -0.1) is 0 Å². The first-order valence-electron chi connectivity index (χ1n) is 7.65. The van der Waals surface area contributed by atoms with Crippen LogP contribution in [0.2, 0.25) is 0 Å². The van der Waals surface area contributed by atoms with Crippen LogP contribution in [0.3, 0.4) is 0 Å². The van der Waals surface area contributed by atoms with Crippen molar-refractivity contribution in [3.05, 3.63) is 16.7 Å². The molecule has 0 aliphatic heterocycles. The zero-order valence-corrected chi connectivity index (χ0v) is 13.3. The van der Waals surface area contributed by atoms with Gasteiger partial charge in [0.05, 0.1) is 6.61 Å². The Bertz CT molecular complexity index is 409. The molecule has 0 aromatic heterocycles. The molecule has 0 bridgehead atoms. The van der Waals surface area contributed by atoms with Crippen molar-refractivity contribution < 1.29 is 14.9 Å². The normalized spacial score (nSPS) is 10.8. The van der Waals surface area contributed by atoms with Crippen molar-refractivity contribution in [2.24, 2.45) is 0 Å². The van der Waals surface area contributed by atoms with Crippen LogP contribution in [0.25, 0.3) is 0 Å². The van der Waals surface area contributed by atoms with Crippen LogP contribution in [-0.2, 0) is 0 Å². The van der Waals surface area contributed by atoms with Gasteiger partial charge in [-0.3, -0.25) is 0 Å². The molecule has 0 amide bonds. The minimum absolute atomic E-state index is 0.0638. The van der Waals surface area contributed by atoms with Crippen LogP contribution in [0.1, 0.15) is 62.1 Å². The lowest BCUT2D eigenvalue weighted by molar-refractivity contribution is 0.280. The highest BCUT2D eigenvalue weighted by Gasteiger charge is 2.17. The van der Waals surface area contributed by atoms with Crippen molar-refractivity contribution in [3.63, 3.8) is 0 Å². The summed E-state index contributed by atoms with van der Waals surface area (Å²) in [5, 5.41) is 19.8. The molecule has 0 unspecified atom stereocenters. The average Bonchev–Trinajstić information content (AvgIpc) is 2.45. The Morgan fingerprint density at radius 3 is 2.00 bits per heavy atom. The topological polar surface area (TPSA) is 49.7 Å². The number of aromatic hydroxyl groups is 2. The van der Waals surface area contributed by atoms with Crippen molar-refractivity contribution in [1.82, 2.24) is 0 Å². The molecule has 114 valence electrons. The van der Waals surface area contributed by atoms with Gasteiger partial charge in [-0.1, -0.05) is 39.0 Å². The fourth-order valence-electron chi connectivity index (χ4n) is 2.33. The highest BCUT2D eigenvalue weighted by atomic mass is 16.5. The molecule has 20 heavy (non-hydrogen) atoms. The second-order valence-corrected chi connectivity index (χ2v) is 5.52. The van der Waals surface area contributed by atoms with E-state index in [1.165, 1.54) is 25.7 Å². The Kier molecular flexibility index (Phi) is 6.69. The summed E-state index contributed by atoms with van der Waals surface area (Å²) in [5.74, 6) is 0.238.